The molecular formula is C30H31ClN2O2. The number of rotatable bonds is 7. The lowest BCUT2D eigenvalue weighted by atomic mass is 9.72. The molecule has 0 spiro atoms. The molecule has 5 rings (SSSR count). The second kappa shape index (κ2) is 10.3. The molecule has 1 atom stereocenters. The van der Waals surface area contributed by atoms with Crippen LogP contribution in [0.25, 0.3) is 10.8 Å². The lowest BCUT2D eigenvalue weighted by Gasteiger charge is -2.39. The van der Waals surface area contributed by atoms with Crippen LogP contribution in [0.15, 0.2) is 85.1 Å². The number of nitrogens with zero attached hydrogens (tertiary/aromatic N) is 1. The van der Waals surface area contributed by atoms with Crippen LogP contribution in [0, 0.1) is 5.92 Å². The van der Waals surface area contributed by atoms with E-state index in [1.54, 1.807) is 6.20 Å². The third-order valence-electron chi connectivity index (χ3n) is 7.21. The van der Waals surface area contributed by atoms with Crippen molar-refractivity contribution in [2.45, 2.75) is 50.9 Å². The van der Waals surface area contributed by atoms with Crippen molar-refractivity contribution in [3.8, 4) is 11.6 Å². The number of ether oxygens (including phenoxy) is 2. The van der Waals surface area contributed by atoms with Crippen molar-refractivity contribution in [2.24, 2.45) is 11.7 Å². The first-order valence-electron chi connectivity index (χ1n) is 12.3. The molecule has 0 aliphatic heterocycles. The molecule has 35 heavy (non-hydrogen) atoms. The van der Waals surface area contributed by atoms with Gasteiger partial charge in [-0.05, 0) is 73.2 Å². The molecule has 4 nitrogen and oxygen atoms in total. The summed E-state index contributed by atoms with van der Waals surface area (Å²) in [6, 6.07) is 26.3. The topological polar surface area (TPSA) is 57.4 Å². The minimum absolute atomic E-state index is 0.128. The molecule has 0 bridgehead atoms. The van der Waals surface area contributed by atoms with Gasteiger partial charge < -0.3 is 15.2 Å². The molecule has 1 aliphatic carbocycles. The zero-order valence-corrected chi connectivity index (χ0v) is 20.7. The predicted molar refractivity (Wildman–Crippen MR) is 142 cm³/mol. The number of halogens is 1. The van der Waals surface area contributed by atoms with Gasteiger partial charge in [0.1, 0.15) is 12.4 Å². The number of hydrogen-bond donors (Lipinski definition) is 1. The summed E-state index contributed by atoms with van der Waals surface area (Å²) in [5, 5.41) is 2.45. The molecule has 5 heteroatoms. The van der Waals surface area contributed by atoms with Crippen LogP contribution < -0.4 is 15.2 Å². The summed E-state index contributed by atoms with van der Waals surface area (Å²) in [6.45, 7) is 2.61. The summed E-state index contributed by atoms with van der Waals surface area (Å²) in [4.78, 5) is 4.43. The first kappa shape index (κ1) is 23.7. The van der Waals surface area contributed by atoms with Gasteiger partial charge in [0.15, 0.2) is 0 Å². The number of pyridine rings is 1. The van der Waals surface area contributed by atoms with Crippen LogP contribution in [0.4, 0.5) is 0 Å². The Labute approximate surface area is 212 Å². The molecular weight excluding hydrogens is 456 g/mol. The zero-order valence-electron chi connectivity index (χ0n) is 20.0. The molecule has 0 radical (unpaired) electrons. The highest BCUT2D eigenvalue weighted by molar-refractivity contribution is 6.33. The maximum absolute atomic E-state index is 6.79. The fourth-order valence-corrected chi connectivity index (χ4v) is 5.28. The van der Waals surface area contributed by atoms with Gasteiger partial charge in [-0.3, -0.25) is 0 Å². The third kappa shape index (κ3) is 5.29. The second-order valence-corrected chi connectivity index (χ2v) is 10.0. The molecule has 1 fully saturated rings. The molecule has 2 N–H and O–H groups in total. The van der Waals surface area contributed by atoms with E-state index in [9.17, 15) is 0 Å². The van der Waals surface area contributed by atoms with E-state index in [1.807, 2.05) is 54.6 Å². The standard InChI is InChI=1S/C30H31ClN2O2/c1-30(32,23-10-6-3-7-11-23)24-12-14-25(15-13-24)35-28-18-22-16-17-33-29(26(22)19-27(28)31)34-20-21-8-4-2-5-9-21/h2-11,16-19,24-25H,12-15,20,32H2,1H3. The normalized spacial score (nSPS) is 19.7. The van der Waals surface area contributed by atoms with Gasteiger partial charge in [-0.2, -0.15) is 0 Å². The van der Waals surface area contributed by atoms with Crippen LogP contribution >= 0.6 is 11.6 Å². The molecule has 1 saturated carbocycles. The van der Waals surface area contributed by atoms with E-state index in [0.717, 1.165) is 42.0 Å². The quantitative estimate of drug-likeness (QED) is 0.298. The summed E-state index contributed by atoms with van der Waals surface area (Å²) >= 11 is 6.66. The highest BCUT2D eigenvalue weighted by Gasteiger charge is 2.35. The smallest absolute Gasteiger partial charge is 0.221 e. The van der Waals surface area contributed by atoms with Gasteiger partial charge in [0.25, 0.3) is 0 Å². The Bertz CT molecular complexity index is 1270. The van der Waals surface area contributed by atoms with Crippen LogP contribution in [0.2, 0.25) is 5.02 Å². The van der Waals surface area contributed by atoms with Crippen LogP contribution in [-0.4, -0.2) is 11.1 Å². The summed E-state index contributed by atoms with van der Waals surface area (Å²) in [5.74, 6) is 1.71. The average Bonchev–Trinajstić information content (AvgIpc) is 2.89. The molecule has 3 aromatic carbocycles. The molecule has 4 aromatic rings. The Balaban J connectivity index is 1.26. The van der Waals surface area contributed by atoms with Crippen molar-refractivity contribution in [1.82, 2.24) is 4.98 Å². The average molecular weight is 487 g/mol. The molecule has 0 amide bonds. The number of nitrogens with two attached hydrogens (primary N) is 1. The summed E-state index contributed by atoms with van der Waals surface area (Å²) in [6.07, 6.45) is 5.86. The van der Waals surface area contributed by atoms with E-state index in [1.165, 1.54) is 5.56 Å². The first-order valence-corrected chi connectivity index (χ1v) is 12.6. The van der Waals surface area contributed by atoms with E-state index in [-0.39, 0.29) is 11.6 Å². The zero-order chi connectivity index (χ0) is 24.3. The van der Waals surface area contributed by atoms with Crippen molar-refractivity contribution >= 4 is 22.4 Å². The van der Waals surface area contributed by atoms with Gasteiger partial charge in [0, 0.05) is 17.1 Å². The highest BCUT2D eigenvalue weighted by atomic mass is 35.5. The number of aromatic nitrogens is 1. The lowest BCUT2D eigenvalue weighted by Crippen LogP contribution is -2.44. The fraction of sp³-hybridized carbons (Fsp3) is 0.300. The van der Waals surface area contributed by atoms with Gasteiger partial charge in [-0.1, -0.05) is 72.3 Å². The van der Waals surface area contributed by atoms with E-state index >= 15 is 0 Å². The minimum atomic E-state index is -0.337. The lowest BCUT2D eigenvalue weighted by molar-refractivity contribution is 0.104. The third-order valence-corrected chi connectivity index (χ3v) is 7.51. The highest BCUT2D eigenvalue weighted by Crippen LogP contribution is 2.40. The fourth-order valence-electron chi connectivity index (χ4n) is 5.07. The molecule has 1 aromatic heterocycles. The number of benzene rings is 3. The SMILES string of the molecule is CC(N)(c1ccccc1)C1CCC(Oc2cc3ccnc(OCc4ccccc4)c3cc2Cl)CC1. The summed E-state index contributed by atoms with van der Waals surface area (Å²) in [5.41, 5.74) is 8.74. The van der Waals surface area contributed by atoms with Crippen LogP contribution in [0.5, 0.6) is 11.6 Å². The van der Waals surface area contributed by atoms with Gasteiger partial charge in [0.2, 0.25) is 5.88 Å². The van der Waals surface area contributed by atoms with Crippen LogP contribution in [0.1, 0.15) is 43.7 Å². The van der Waals surface area contributed by atoms with E-state index < -0.39 is 0 Å². The van der Waals surface area contributed by atoms with Crippen molar-refractivity contribution in [3.63, 3.8) is 0 Å². The maximum Gasteiger partial charge on any atom is 0.221 e. The number of hydrogen-bond acceptors (Lipinski definition) is 4. The summed E-state index contributed by atoms with van der Waals surface area (Å²) < 4.78 is 12.4. The maximum atomic E-state index is 6.79. The molecule has 1 unspecified atom stereocenters. The Morgan fingerprint density at radius 3 is 2.34 bits per heavy atom. The molecule has 0 saturated heterocycles. The number of fused-ring (bicyclic) bond motifs is 1. The Kier molecular flexibility index (Phi) is 6.94. The van der Waals surface area contributed by atoms with Gasteiger partial charge in [0.05, 0.1) is 11.1 Å². The molecule has 1 aliphatic rings. The van der Waals surface area contributed by atoms with Crippen LogP contribution in [-0.2, 0) is 12.1 Å². The van der Waals surface area contributed by atoms with Crippen molar-refractivity contribution in [2.75, 3.05) is 0 Å². The van der Waals surface area contributed by atoms with Crippen molar-refractivity contribution < 1.29 is 9.47 Å². The van der Waals surface area contributed by atoms with Gasteiger partial charge in [-0.15, -0.1) is 0 Å². The monoisotopic (exact) mass is 486 g/mol. The van der Waals surface area contributed by atoms with E-state index in [2.05, 4.69) is 36.2 Å². The molecule has 1 heterocycles. The van der Waals surface area contributed by atoms with Gasteiger partial charge in [-0.25, -0.2) is 4.98 Å². The Morgan fingerprint density at radius 1 is 0.943 bits per heavy atom. The second-order valence-electron chi connectivity index (χ2n) is 9.63. The van der Waals surface area contributed by atoms with Gasteiger partial charge >= 0.3 is 0 Å². The molecule has 180 valence electrons. The van der Waals surface area contributed by atoms with E-state index in [0.29, 0.717) is 29.2 Å². The Morgan fingerprint density at radius 2 is 1.63 bits per heavy atom. The minimum Gasteiger partial charge on any atom is -0.489 e. The predicted octanol–water partition coefficient (Wildman–Crippen LogP) is 7.28. The summed E-state index contributed by atoms with van der Waals surface area (Å²) in [7, 11) is 0. The largest absolute Gasteiger partial charge is 0.489 e. The van der Waals surface area contributed by atoms with Crippen molar-refractivity contribution in [3.05, 3.63) is 101 Å². The Hall–Kier alpha value is -3.08. The van der Waals surface area contributed by atoms with Crippen molar-refractivity contribution in [1.29, 1.82) is 0 Å². The van der Waals surface area contributed by atoms with E-state index in [4.69, 9.17) is 26.8 Å². The first-order chi connectivity index (χ1) is 17.0. The van der Waals surface area contributed by atoms with Crippen LogP contribution in [0.3, 0.4) is 0 Å².